The van der Waals surface area contributed by atoms with Gasteiger partial charge in [0.05, 0.1) is 11.9 Å². The van der Waals surface area contributed by atoms with Gasteiger partial charge in [-0.2, -0.15) is 5.10 Å². The van der Waals surface area contributed by atoms with E-state index in [0.29, 0.717) is 27.1 Å². The number of halogens is 3. The Hall–Kier alpha value is -2.21. The minimum absolute atomic E-state index is 0.300. The summed E-state index contributed by atoms with van der Waals surface area (Å²) in [4.78, 5) is 0. The number of nitrogen functional groups attached to an aromatic ring is 1. The molecule has 21 heavy (non-hydrogen) atoms. The Morgan fingerprint density at radius 2 is 1.86 bits per heavy atom. The smallest absolute Gasteiger partial charge is 0.148 e. The van der Waals surface area contributed by atoms with Crippen LogP contribution in [0.1, 0.15) is 0 Å². The first-order valence-electron chi connectivity index (χ1n) is 6.12. The van der Waals surface area contributed by atoms with Crippen LogP contribution in [0.5, 0.6) is 0 Å². The molecule has 0 aliphatic rings. The van der Waals surface area contributed by atoms with Crippen molar-refractivity contribution in [3.05, 3.63) is 64.8 Å². The molecule has 6 heteroatoms. The summed E-state index contributed by atoms with van der Waals surface area (Å²) in [6.07, 6.45) is 1.53. The predicted octanol–water partition coefficient (Wildman–Crippen LogP) is 4.16. The third kappa shape index (κ3) is 2.54. The number of aromatic nitrogens is 2. The number of para-hydroxylation sites is 1. The van der Waals surface area contributed by atoms with Crippen LogP contribution >= 0.6 is 15.9 Å². The van der Waals surface area contributed by atoms with Gasteiger partial charge in [0, 0.05) is 10.0 Å². The van der Waals surface area contributed by atoms with Crippen molar-refractivity contribution in [2.45, 2.75) is 0 Å². The lowest BCUT2D eigenvalue weighted by Gasteiger charge is -2.03. The molecule has 106 valence electrons. The van der Waals surface area contributed by atoms with Crippen molar-refractivity contribution in [1.29, 1.82) is 0 Å². The number of hydrogen-bond donors (Lipinski definition) is 1. The van der Waals surface area contributed by atoms with E-state index in [1.165, 1.54) is 29.1 Å². The summed E-state index contributed by atoms with van der Waals surface area (Å²) in [6, 6.07) is 10.5. The van der Waals surface area contributed by atoms with Crippen molar-refractivity contribution in [3.63, 3.8) is 0 Å². The highest BCUT2D eigenvalue weighted by Gasteiger charge is 2.14. The summed E-state index contributed by atoms with van der Waals surface area (Å²) >= 11 is 3.28. The van der Waals surface area contributed by atoms with Crippen LogP contribution in [-0.2, 0) is 0 Å². The van der Waals surface area contributed by atoms with Gasteiger partial charge in [-0.3, -0.25) is 0 Å². The van der Waals surface area contributed by atoms with Crippen molar-refractivity contribution in [2.75, 3.05) is 5.73 Å². The lowest BCUT2D eigenvalue weighted by atomic mass is 10.1. The van der Waals surface area contributed by atoms with Crippen LogP contribution in [0.25, 0.3) is 16.9 Å². The van der Waals surface area contributed by atoms with E-state index in [2.05, 4.69) is 21.0 Å². The Bertz CT molecular complexity index is 814. The summed E-state index contributed by atoms with van der Waals surface area (Å²) in [7, 11) is 0. The summed E-state index contributed by atoms with van der Waals surface area (Å²) in [6.45, 7) is 0. The second-order valence-electron chi connectivity index (χ2n) is 4.45. The molecule has 0 radical (unpaired) electrons. The zero-order chi connectivity index (χ0) is 15.0. The monoisotopic (exact) mass is 349 g/mol. The second-order valence-corrected chi connectivity index (χ2v) is 5.31. The molecular weight excluding hydrogens is 340 g/mol. The molecule has 0 amide bonds. The molecule has 0 fully saturated rings. The van der Waals surface area contributed by atoms with Gasteiger partial charge in [-0.15, -0.1) is 0 Å². The van der Waals surface area contributed by atoms with Crippen LogP contribution < -0.4 is 5.73 Å². The fourth-order valence-corrected chi connectivity index (χ4v) is 2.58. The summed E-state index contributed by atoms with van der Waals surface area (Å²) in [5, 5.41) is 4.30. The zero-order valence-electron chi connectivity index (χ0n) is 10.7. The molecule has 2 aromatic carbocycles. The standard InChI is InChI=1S/C15H10BrF2N3/c16-11-7-9(17)5-6-10(11)15-13(19)8-21(20-15)14-4-2-1-3-12(14)18/h1-8H,19H2. The molecule has 0 unspecified atom stereocenters. The number of rotatable bonds is 2. The maximum Gasteiger partial charge on any atom is 0.148 e. The molecule has 0 saturated carbocycles. The van der Waals surface area contributed by atoms with Gasteiger partial charge >= 0.3 is 0 Å². The molecule has 0 atom stereocenters. The molecule has 1 aromatic heterocycles. The zero-order valence-corrected chi connectivity index (χ0v) is 12.3. The van der Waals surface area contributed by atoms with E-state index in [-0.39, 0.29) is 5.82 Å². The molecule has 3 aromatic rings. The van der Waals surface area contributed by atoms with Gasteiger partial charge in [0.15, 0.2) is 0 Å². The molecule has 1 heterocycles. The van der Waals surface area contributed by atoms with Crippen LogP contribution in [0.2, 0.25) is 0 Å². The van der Waals surface area contributed by atoms with E-state index in [1.54, 1.807) is 24.3 Å². The molecule has 0 bridgehead atoms. The van der Waals surface area contributed by atoms with Crippen molar-refractivity contribution >= 4 is 21.6 Å². The number of hydrogen-bond acceptors (Lipinski definition) is 2. The first-order chi connectivity index (χ1) is 10.1. The molecule has 3 nitrogen and oxygen atoms in total. The Morgan fingerprint density at radius 1 is 1.10 bits per heavy atom. The predicted molar refractivity (Wildman–Crippen MR) is 81.0 cm³/mol. The third-order valence-corrected chi connectivity index (χ3v) is 3.68. The Balaban J connectivity index is 2.12. The average Bonchev–Trinajstić information content (AvgIpc) is 2.81. The number of nitrogens with two attached hydrogens (primary N) is 1. The van der Waals surface area contributed by atoms with Crippen molar-refractivity contribution in [1.82, 2.24) is 9.78 Å². The Kier molecular flexibility index (Phi) is 3.47. The van der Waals surface area contributed by atoms with E-state index in [0.717, 1.165) is 0 Å². The fourth-order valence-electron chi connectivity index (χ4n) is 2.04. The van der Waals surface area contributed by atoms with Crippen LogP contribution in [0.15, 0.2) is 53.1 Å². The normalized spacial score (nSPS) is 10.8. The number of nitrogens with zero attached hydrogens (tertiary/aromatic N) is 2. The van der Waals surface area contributed by atoms with Gasteiger partial charge in [0.25, 0.3) is 0 Å². The third-order valence-electron chi connectivity index (χ3n) is 3.03. The minimum atomic E-state index is -0.398. The molecule has 3 rings (SSSR count). The van der Waals surface area contributed by atoms with Gasteiger partial charge < -0.3 is 5.73 Å². The summed E-state index contributed by atoms with van der Waals surface area (Å²) in [5.74, 6) is -0.762. The maximum atomic E-state index is 13.8. The van der Waals surface area contributed by atoms with Crippen molar-refractivity contribution < 1.29 is 8.78 Å². The average molecular weight is 350 g/mol. The SMILES string of the molecule is Nc1cn(-c2ccccc2F)nc1-c1ccc(F)cc1Br. The second kappa shape index (κ2) is 5.29. The highest BCUT2D eigenvalue weighted by molar-refractivity contribution is 9.10. The lowest BCUT2D eigenvalue weighted by molar-refractivity contribution is 0.611. The largest absolute Gasteiger partial charge is 0.396 e. The maximum absolute atomic E-state index is 13.8. The van der Waals surface area contributed by atoms with Gasteiger partial charge in [-0.05, 0) is 46.3 Å². The van der Waals surface area contributed by atoms with Crippen LogP contribution in [0, 0.1) is 11.6 Å². The van der Waals surface area contributed by atoms with E-state index >= 15 is 0 Å². The van der Waals surface area contributed by atoms with Gasteiger partial charge in [-0.1, -0.05) is 12.1 Å². The molecule has 0 spiro atoms. The number of benzene rings is 2. The van der Waals surface area contributed by atoms with Crippen molar-refractivity contribution in [2.24, 2.45) is 0 Å². The van der Waals surface area contributed by atoms with Crippen LogP contribution in [-0.4, -0.2) is 9.78 Å². The van der Waals surface area contributed by atoms with E-state index < -0.39 is 5.82 Å². The van der Waals surface area contributed by atoms with Gasteiger partial charge in [-0.25, -0.2) is 13.5 Å². The summed E-state index contributed by atoms with van der Waals surface area (Å²) in [5.41, 5.74) is 7.73. The Labute approximate surface area is 128 Å². The topological polar surface area (TPSA) is 43.8 Å². The van der Waals surface area contributed by atoms with Crippen LogP contribution in [0.3, 0.4) is 0 Å². The lowest BCUT2D eigenvalue weighted by Crippen LogP contribution is -1.98. The first-order valence-corrected chi connectivity index (χ1v) is 6.91. The summed E-state index contributed by atoms with van der Waals surface area (Å²) < 4.78 is 28.8. The molecule has 0 aliphatic heterocycles. The van der Waals surface area contributed by atoms with E-state index in [1.807, 2.05) is 0 Å². The minimum Gasteiger partial charge on any atom is -0.396 e. The van der Waals surface area contributed by atoms with Gasteiger partial charge in [0.1, 0.15) is 23.0 Å². The quantitative estimate of drug-likeness (QED) is 0.754. The Morgan fingerprint density at radius 3 is 2.57 bits per heavy atom. The van der Waals surface area contributed by atoms with E-state index in [4.69, 9.17) is 5.73 Å². The highest BCUT2D eigenvalue weighted by atomic mass is 79.9. The highest BCUT2D eigenvalue weighted by Crippen LogP contribution is 2.32. The van der Waals surface area contributed by atoms with Crippen LogP contribution in [0.4, 0.5) is 14.5 Å². The first kappa shape index (κ1) is 13.8. The molecule has 0 aliphatic carbocycles. The fraction of sp³-hybridized carbons (Fsp3) is 0. The molecule has 2 N–H and O–H groups in total. The van der Waals surface area contributed by atoms with Gasteiger partial charge in [0.2, 0.25) is 0 Å². The molecule has 0 saturated heterocycles. The number of anilines is 1. The van der Waals surface area contributed by atoms with Crippen molar-refractivity contribution in [3.8, 4) is 16.9 Å². The molecular formula is C15H10BrF2N3. The van der Waals surface area contributed by atoms with E-state index in [9.17, 15) is 8.78 Å².